The number of aryl methyl sites for hydroxylation is 2. The fourth-order valence-electron chi connectivity index (χ4n) is 4.88. The second kappa shape index (κ2) is 7.64. The molecule has 0 fully saturated rings. The number of rotatable bonds is 4. The van der Waals surface area contributed by atoms with Crippen LogP contribution in [-0.4, -0.2) is 18.6 Å². The van der Waals surface area contributed by atoms with Crippen LogP contribution in [0.4, 0.5) is 0 Å². The Hall–Kier alpha value is -3.77. The number of ether oxygens (including phenoxy) is 2. The molecule has 0 aliphatic heterocycles. The predicted molar refractivity (Wildman–Crippen MR) is 137 cm³/mol. The molecule has 0 saturated carbocycles. The van der Waals surface area contributed by atoms with Gasteiger partial charge in [-0.05, 0) is 42.6 Å². The summed E-state index contributed by atoms with van der Waals surface area (Å²) >= 11 is 1.72. The summed E-state index contributed by atoms with van der Waals surface area (Å²) in [6, 6.07) is 22.6. The lowest BCUT2D eigenvalue weighted by Gasteiger charge is -2.10. The van der Waals surface area contributed by atoms with E-state index in [4.69, 9.17) is 9.47 Å². The summed E-state index contributed by atoms with van der Waals surface area (Å²) in [4.78, 5) is 16.2. The van der Waals surface area contributed by atoms with Crippen LogP contribution in [0.3, 0.4) is 0 Å². The van der Waals surface area contributed by atoms with Gasteiger partial charge in [0.2, 0.25) is 0 Å². The maximum absolute atomic E-state index is 13.9. The molecule has 0 N–H and O–H groups in total. The van der Waals surface area contributed by atoms with Crippen molar-refractivity contribution in [1.29, 1.82) is 0 Å². The third-order valence-electron chi connectivity index (χ3n) is 6.54. The highest BCUT2D eigenvalue weighted by Gasteiger charge is 2.27. The average molecular weight is 468 g/mol. The van der Waals surface area contributed by atoms with Crippen molar-refractivity contribution in [1.82, 2.24) is 4.40 Å². The number of hydrogen-bond acceptors (Lipinski definition) is 4. The van der Waals surface area contributed by atoms with Crippen LogP contribution in [-0.2, 0) is 7.05 Å². The number of fused-ring (bicyclic) bond motifs is 4. The Morgan fingerprint density at radius 3 is 2.29 bits per heavy atom. The highest BCUT2D eigenvalue weighted by atomic mass is 32.2. The molecule has 34 heavy (non-hydrogen) atoms. The molecule has 0 spiro atoms. The first-order chi connectivity index (χ1) is 16.5. The van der Waals surface area contributed by atoms with Crippen LogP contribution in [0.1, 0.15) is 5.56 Å². The second-order valence-corrected chi connectivity index (χ2v) is 9.59. The molecule has 0 radical (unpaired) electrons. The number of aromatic nitrogens is 2. The smallest absolute Gasteiger partial charge is 0.347 e. The molecule has 0 bridgehead atoms. The lowest BCUT2D eigenvalue weighted by molar-refractivity contribution is -0.617. The molecule has 0 saturated heterocycles. The monoisotopic (exact) mass is 467 g/mol. The number of hydrogen-bond donors (Lipinski definition) is 0. The summed E-state index contributed by atoms with van der Waals surface area (Å²) in [5, 5.41) is 3.82. The van der Waals surface area contributed by atoms with E-state index in [0.29, 0.717) is 16.9 Å². The maximum atomic E-state index is 13.9. The van der Waals surface area contributed by atoms with Crippen LogP contribution >= 0.6 is 11.8 Å². The summed E-state index contributed by atoms with van der Waals surface area (Å²) in [6.45, 7) is 2.09. The van der Waals surface area contributed by atoms with Crippen molar-refractivity contribution >= 4 is 50.0 Å². The van der Waals surface area contributed by atoms with Gasteiger partial charge in [0, 0.05) is 27.3 Å². The first-order valence-corrected chi connectivity index (χ1v) is 11.8. The molecular formula is C28H23N2O3S+. The van der Waals surface area contributed by atoms with Crippen LogP contribution in [0.5, 0.6) is 11.5 Å². The second-order valence-electron chi connectivity index (χ2n) is 8.47. The van der Waals surface area contributed by atoms with Crippen LogP contribution in [0.2, 0.25) is 0 Å². The summed E-state index contributed by atoms with van der Waals surface area (Å²) in [5.41, 5.74) is 3.75. The fourth-order valence-corrected chi connectivity index (χ4v) is 5.82. The zero-order valence-electron chi connectivity index (χ0n) is 19.4. The molecule has 168 valence electrons. The van der Waals surface area contributed by atoms with Gasteiger partial charge in [-0.2, -0.15) is 4.40 Å². The molecule has 2 aromatic heterocycles. The molecule has 5 nitrogen and oxygen atoms in total. The van der Waals surface area contributed by atoms with E-state index >= 15 is 0 Å². The lowest BCUT2D eigenvalue weighted by atomic mass is 10.0. The van der Waals surface area contributed by atoms with Crippen LogP contribution < -0.4 is 19.6 Å². The summed E-state index contributed by atoms with van der Waals surface area (Å²) in [6.07, 6.45) is 0. The van der Waals surface area contributed by atoms with Crippen LogP contribution in [0.15, 0.2) is 81.3 Å². The SMILES string of the molecule is COc1cc2c(cc1OC)[n+](C)c1c3cccc4c(Sc5ccc(C)cc5)ccc(c(=O)n21)c43. The number of imidazole rings is 1. The molecule has 0 aliphatic rings. The van der Waals surface area contributed by atoms with E-state index in [2.05, 4.69) is 60.0 Å². The summed E-state index contributed by atoms with van der Waals surface area (Å²) in [7, 11) is 5.21. The van der Waals surface area contributed by atoms with Gasteiger partial charge in [-0.1, -0.05) is 41.6 Å². The molecule has 0 unspecified atom stereocenters. The van der Waals surface area contributed by atoms with Crippen molar-refractivity contribution in [3.05, 3.63) is 82.6 Å². The molecule has 2 heterocycles. The minimum atomic E-state index is -0.0385. The highest BCUT2D eigenvalue weighted by Crippen LogP contribution is 2.39. The first-order valence-electron chi connectivity index (χ1n) is 11.0. The van der Waals surface area contributed by atoms with Gasteiger partial charge in [-0.3, -0.25) is 0 Å². The van der Waals surface area contributed by atoms with Gasteiger partial charge in [0.1, 0.15) is 0 Å². The van der Waals surface area contributed by atoms with E-state index in [1.165, 1.54) is 10.5 Å². The third kappa shape index (κ3) is 2.88. The Morgan fingerprint density at radius 1 is 0.853 bits per heavy atom. The molecule has 6 aromatic rings. The Morgan fingerprint density at radius 2 is 1.56 bits per heavy atom. The number of methoxy groups -OCH3 is 2. The standard InChI is InChI=1S/C28H23N2O3S/c1-16-8-10-17(11-9-16)34-25-13-12-20-26-18(25)6-5-7-19(26)27-29(2)21-14-23(32-3)24(33-4)15-22(21)30(27)28(20)31/h5-15H,1-4H3/q+1. The van der Waals surface area contributed by atoms with Crippen molar-refractivity contribution in [3.8, 4) is 11.5 Å². The zero-order valence-corrected chi connectivity index (χ0v) is 20.2. The average Bonchev–Trinajstić information content (AvgIpc) is 3.15. The van der Waals surface area contributed by atoms with Crippen molar-refractivity contribution in [3.63, 3.8) is 0 Å². The van der Waals surface area contributed by atoms with E-state index in [1.807, 2.05) is 25.2 Å². The summed E-state index contributed by atoms with van der Waals surface area (Å²) in [5.74, 6) is 1.23. The molecule has 0 aliphatic carbocycles. The number of nitrogens with zero attached hydrogens (tertiary/aromatic N) is 2. The van der Waals surface area contributed by atoms with Gasteiger partial charge in [0.15, 0.2) is 22.5 Å². The van der Waals surface area contributed by atoms with E-state index in [1.54, 1.807) is 30.4 Å². The number of benzene rings is 4. The minimum absolute atomic E-state index is 0.0385. The summed E-state index contributed by atoms with van der Waals surface area (Å²) < 4.78 is 14.9. The van der Waals surface area contributed by atoms with Crippen LogP contribution in [0, 0.1) is 6.92 Å². The fraction of sp³-hybridized carbons (Fsp3) is 0.143. The van der Waals surface area contributed by atoms with Gasteiger partial charge in [-0.25, -0.2) is 9.36 Å². The van der Waals surface area contributed by atoms with Crippen LogP contribution in [0.25, 0.3) is 38.2 Å². The number of pyridine rings is 1. The molecule has 0 atom stereocenters. The molecule has 4 aromatic carbocycles. The molecule has 6 rings (SSSR count). The van der Waals surface area contributed by atoms with E-state index in [9.17, 15) is 4.79 Å². The Bertz CT molecular complexity index is 1790. The quantitative estimate of drug-likeness (QED) is 0.321. The molecule has 6 heteroatoms. The van der Waals surface area contributed by atoms with Gasteiger partial charge in [0.05, 0.1) is 32.0 Å². The van der Waals surface area contributed by atoms with Gasteiger partial charge >= 0.3 is 5.56 Å². The Labute approximate surface area is 200 Å². The highest BCUT2D eigenvalue weighted by molar-refractivity contribution is 7.99. The van der Waals surface area contributed by atoms with Gasteiger partial charge < -0.3 is 9.47 Å². The predicted octanol–water partition coefficient (Wildman–Crippen LogP) is 5.50. The molecule has 0 amide bonds. The van der Waals surface area contributed by atoms with Crippen molar-refractivity contribution in [2.24, 2.45) is 7.05 Å². The van der Waals surface area contributed by atoms with Crippen molar-refractivity contribution in [2.75, 3.05) is 14.2 Å². The molecular weight excluding hydrogens is 444 g/mol. The van der Waals surface area contributed by atoms with E-state index in [0.717, 1.165) is 37.7 Å². The van der Waals surface area contributed by atoms with Crippen molar-refractivity contribution in [2.45, 2.75) is 16.7 Å². The Balaban J connectivity index is 1.71. The third-order valence-corrected chi connectivity index (χ3v) is 7.62. The zero-order chi connectivity index (χ0) is 23.6. The normalized spacial score (nSPS) is 11.8. The van der Waals surface area contributed by atoms with Gasteiger partial charge in [-0.15, -0.1) is 0 Å². The van der Waals surface area contributed by atoms with E-state index < -0.39 is 0 Å². The Kier molecular flexibility index (Phi) is 4.67. The first kappa shape index (κ1) is 20.8. The van der Waals surface area contributed by atoms with E-state index in [-0.39, 0.29) is 5.56 Å². The van der Waals surface area contributed by atoms with Gasteiger partial charge in [0.25, 0.3) is 5.65 Å². The van der Waals surface area contributed by atoms with Crippen molar-refractivity contribution < 1.29 is 14.0 Å². The maximum Gasteiger partial charge on any atom is 0.347 e. The topological polar surface area (TPSA) is 43.8 Å². The minimum Gasteiger partial charge on any atom is -0.493 e. The lowest BCUT2D eigenvalue weighted by Crippen LogP contribution is -2.29. The largest absolute Gasteiger partial charge is 0.493 e.